The number of aromatic nitrogens is 2. The molecule has 1 aliphatic rings. The van der Waals surface area contributed by atoms with Crippen LogP contribution in [0.3, 0.4) is 0 Å². The number of nitrogens with zero attached hydrogens (tertiary/aromatic N) is 5. The first kappa shape index (κ1) is 30.1. The molecule has 0 spiro atoms. The van der Waals surface area contributed by atoms with Crippen molar-refractivity contribution in [3.63, 3.8) is 0 Å². The number of hydrogen-bond donors (Lipinski definition) is 3. The van der Waals surface area contributed by atoms with E-state index in [0.717, 1.165) is 24.3 Å². The Bertz CT molecular complexity index is 1210. The monoisotopic (exact) mass is 550 g/mol. The Balaban J connectivity index is 1.84. The van der Waals surface area contributed by atoms with Crippen molar-refractivity contribution in [1.82, 2.24) is 19.8 Å². The van der Waals surface area contributed by atoms with Crippen LogP contribution in [0, 0.1) is 17.1 Å². The predicted molar refractivity (Wildman–Crippen MR) is 140 cm³/mol. The molecule has 1 aromatic carbocycles. The summed E-state index contributed by atoms with van der Waals surface area (Å²) in [5.74, 6) is -0.448. The van der Waals surface area contributed by atoms with Crippen LogP contribution in [0.5, 0.6) is 0 Å². The quantitative estimate of drug-likeness (QED) is 0.129. The molecule has 5 N–H and O–H groups in total. The first-order valence-corrected chi connectivity index (χ1v) is 12.6. The van der Waals surface area contributed by atoms with Crippen LogP contribution in [-0.2, 0) is 17.5 Å². The number of benzene rings is 1. The number of ether oxygens (including phenoxy) is 1. The number of nitriles is 1. The van der Waals surface area contributed by atoms with Crippen molar-refractivity contribution in [2.75, 3.05) is 39.9 Å². The molecule has 2 aromatic rings. The molecule has 0 bridgehead atoms. The first-order valence-electron chi connectivity index (χ1n) is 12.6. The Labute approximate surface area is 225 Å². The van der Waals surface area contributed by atoms with Gasteiger partial charge in [-0.1, -0.05) is 0 Å². The molecular weight excluding hydrogens is 516 g/mol. The van der Waals surface area contributed by atoms with Crippen molar-refractivity contribution in [2.45, 2.75) is 44.4 Å². The minimum absolute atomic E-state index is 0.0395. The summed E-state index contributed by atoms with van der Waals surface area (Å²) in [6.07, 6.45) is -0.610. The summed E-state index contributed by atoms with van der Waals surface area (Å²) in [6.45, 7) is 5.55. The van der Waals surface area contributed by atoms with Crippen molar-refractivity contribution in [2.24, 2.45) is 16.5 Å². The third-order valence-corrected chi connectivity index (χ3v) is 6.86. The molecule has 0 radical (unpaired) electrons. The average Bonchev–Trinajstić information content (AvgIpc) is 3.33. The molecular formula is C26H34F4N8O. The number of aliphatic imine (C=N–C) groups is 1. The largest absolute Gasteiger partial charge is 0.419 e. The molecule has 1 aromatic heterocycles. The van der Waals surface area contributed by atoms with E-state index >= 15 is 0 Å². The number of rotatable bonds is 11. The minimum atomic E-state index is -4.81. The van der Waals surface area contributed by atoms with Crippen LogP contribution < -0.4 is 16.8 Å². The molecule has 1 fully saturated rings. The van der Waals surface area contributed by atoms with Crippen LogP contribution >= 0.6 is 0 Å². The van der Waals surface area contributed by atoms with E-state index in [4.69, 9.17) is 21.2 Å². The van der Waals surface area contributed by atoms with Gasteiger partial charge >= 0.3 is 6.18 Å². The highest BCUT2D eigenvalue weighted by atomic mass is 19.4. The molecule has 212 valence electrons. The van der Waals surface area contributed by atoms with Crippen molar-refractivity contribution in [3.05, 3.63) is 53.0 Å². The van der Waals surface area contributed by atoms with E-state index in [0.29, 0.717) is 63.4 Å². The number of piperidine rings is 1. The highest BCUT2D eigenvalue weighted by molar-refractivity contribution is 5.60. The van der Waals surface area contributed by atoms with Gasteiger partial charge in [0, 0.05) is 50.5 Å². The van der Waals surface area contributed by atoms with E-state index in [-0.39, 0.29) is 23.3 Å². The number of likely N-dealkylation sites (tertiary alicyclic amines) is 1. The molecule has 39 heavy (non-hydrogen) atoms. The molecule has 1 atom stereocenters. The Morgan fingerprint density at radius 2 is 2.05 bits per heavy atom. The van der Waals surface area contributed by atoms with Crippen LogP contribution in [0.4, 0.5) is 17.6 Å². The maximum atomic E-state index is 13.9. The Hall–Kier alpha value is -3.47. The molecule has 0 amide bonds. The number of imidazole rings is 1. The summed E-state index contributed by atoms with van der Waals surface area (Å²) in [6, 6.07) is 4.79. The summed E-state index contributed by atoms with van der Waals surface area (Å²) < 4.78 is 60.9. The Morgan fingerprint density at radius 3 is 2.67 bits per heavy atom. The van der Waals surface area contributed by atoms with Gasteiger partial charge in [-0.05, 0) is 51.1 Å². The number of hydrogen-bond acceptors (Lipinski definition) is 7. The third-order valence-electron chi connectivity index (χ3n) is 6.86. The first-order chi connectivity index (χ1) is 18.6. The van der Waals surface area contributed by atoms with Gasteiger partial charge in [-0.15, -0.1) is 0 Å². The maximum Gasteiger partial charge on any atom is 0.419 e. The highest BCUT2D eigenvalue weighted by Gasteiger charge is 2.35. The molecule has 13 heteroatoms. The maximum absolute atomic E-state index is 13.9. The van der Waals surface area contributed by atoms with Crippen LogP contribution in [0.15, 0.2) is 40.8 Å². The average molecular weight is 551 g/mol. The molecule has 3 rings (SSSR count). The normalized spacial score (nSPS) is 16.8. The van der Waals surface area contributed by atoms with Crippen molar-refractivity contribution < 1.29 is 22.3 Å². The summed E-state index contributed by atoms with van der Waals surface area (Å²) in [5.41, 5.74) is 10.8. The van der Waals surface area contributed by atoms with Crippen molar-refractivity contribution in [3.8, 4) is 17.3 Å². The Morgan fingerprint density at radius 1 is 1.33 bits per heavy atom. The van der Waals surface area contributed by atoms with Crippen LogP contribution in [0.2, 0.25) is 0 Å². The second-order valence-electron chi connectivity index (χ2n) is 9.29. The topological polar surface area (TPSA) is 131 Å². The van der Waals surface area contributed by atoms with Gasteiger partial charge in [0.05, 0.1) is 29.8 Å². The summed E-state index contributed by atoms with van der Waals surface area (Å²) in [7, 11) is 1.61. The fraction of sp³-hybridized carbons (Fsp3) is 0.500. The number of alkyl halides is 3. The summed E-state index contributed by atoms with van der Waals surface area (Å²) >= 11 is 0. The fourth-order valence-corrected chi connectivity index (χ4v) is 4.72. The molecule has 1 saturated heterocycles. The second kappa shape index (κ2) is 13.5. The molecule has 1 unspecified atom stereocenters. The lowest BCUT2D eigenvalue weighted by atomic mass is 9.94. The molecule has 0 aliphatic carbocycles. The lowest BCUT2D eigenvalue weighted by Gasteiger charge is -2.35. The van der Waals surface area contributed by atoms with E-state index in [9.17, 15) is 22.8 Å². The molecule has 9 nitrogen and oxygen atoms in total. The highest BCUT2D eigenvalue weighted by Crippen LogP contribution is 2.36. The summed E-state index contributed by atoms with van der Waals surface area (Å²) in [5, 5.41) is 12.8. The molecule has 0 saturated carbocycles. The van der Waals surface area contributed by atoms with Crippen molar-refractivity contribution in [1.29, 1.82) is 5.26 Å². The number of nitrogens with two attached hydrogens (primary N) is 2. The van der Waals surface area contributed by atoms with E-state index in [1.54, 1.807) is 13.3 Å². The Kier molecular flexibility index (Phi) is 10.4. The van der Waals surface area contributed by atoms with Crippen LogP contribution in [-0.4, -0.2) is 66.7 Å². The zero-order valence-electron chi connectivity index (χ0n) is 22.0. The van der Waals surface area contributed by atoms with Crippen LogP contribution in [0.25, 0.3) is 11.3 Å². The van der Waals surface area contributed by atoms with Gasteiger partial charge < -0.3 is 26.1 Å². The van der Waals surface area contributed by atoms with Gasteiger partial charge in [-0.25, -0.2) is 14.4 Å². The number of halogens is 4. The summed E-state index contributed by atoms with van der Waals surface area (Å²) in [4.78, 5) is 10.7. The fourth-order valence-electron chi connectivity index (χ4n) is 4.72. The van der Waals surface area contributed by atoms with E-state index in [1.807, 2.05) is 11.5 Å². The van der Waals surface area contributed by atoms with Gasteiger partial charge in [-0.3, -0.25) is 4.90 Å². The lowest BCUT2D eigenvalue weighted by Crippen LogP contribution is -2.41. The van der Waals surface area contributed by atoms with Gasteiger partial charge in [0.1, 0.15) is 23.5 Å². The van der Waals surface area contributed by atoms with Gasteiger partial charge in [0.25, 0.3) is 0 Å². The van der Waals surface area contributed by atoms with E-state index in [2.05, 4.69) is 21.3 Å². The van der Waals surface area contributed by atoms with Gasteiger partial charge in [0.2, 0.25) is 0 Å². The second-order valence-corrected chi connectivity index (χ2v) is 9.29. The lowest BCUT2D eigenvalue weighted by molar-refractivity contribution is -0.139. The smallest absolute Gasteiger partial charge is 0.390 e. The molecule has 2 heterocycles. The number of nitrogens with one attached hydrogen (secondary N) is 1. The van der Waals surface area contributed by atoms with E-state index < -0.39 is 17.6 Å². The predicted octanol–water partition coefficient (Wildman–Crippen LogP) is 3.19. The van der Waals surface area contributed by atoms with Gasteiger partial charge in [0.15, 0.2) is 0 Å². The van der Waals surface area contributed by atoms with Gasteiger partial charge in [-0.2, -0.15) is 18.4 Å². The zero-order chi connectivity index (χ0) is 28.6. The SMILES string of the molecule is COCCNCCn1cc(-c2ccc(F)c(C(F)(F)F)c2)nc1C1CCN(C(C)/C(C#N)=C(/N)N=CN)CC1. The van der Waals surface area contributed by atoms with Crippen LogP contribution in [0.1, 0.15) is 37.1 Å². The van der Waals surface area contributed by atoms with Crippen molar-refractivity contribution >= 4 is 6.34 Å². The number of methoxy groups -OCH3 is 1. The zero-order valence-corrected chi connectivity index (χ0v) is 22.0. The minimum Gasteiger partial charge on any atom is -0.390 e. The van der Waals surface area contributed by atoms with E-state index in [1.165, 1.54) is 6.07 Å². The molecule has 1 aliphatic heterocycles. The third kappa shape index (κ3) is 7.56. The standard InChI is InChI=1S/C26H34F4N8O/c1-17(20(14-31)24(33)35-16-32)37-9-5-18(6-10-37)25-36-23(15-38(25)11-7-34-8-12-39-2)19-3-4-22(27)21(13-19)26(28,29)30/h3-4,13,15-18,34H,5-12,33H2,1-2H3,(H2,32,35)/b24-20-.